The van der Waals surface area contributed by atoms with Crippen molar-refractivity contribution in [3.05, 3.63) is 10.6 Å². The van der Waals surface area contributed by atoms with Crippen molar-refractivity contribution in [2.45, 2.75) is 46.1 Å². The Labute approximate surface area is 127 Å². The van der Waals surface area contributed by atoms with Crippen molar-refractivity contribution in [3.8, 4) is 0 Å². The highest BCUT2D eigenvalue weighted by Crippen LogP contribution is 2.30. The third-order valence-electron chi connectivity index (χ3n) is 3.21. The average Bonchev–Trinajstić information content (AvgIpc) is 2.85. The lowest BCUT2D eigenvalue weighted by atomic mass is 10.1. The molecule has 0 saturated heterocycles. The van der Waals surface area contributed by atoms with Crippen LogP contribution in [0.4, 0.5) is 5.13 Å². The largest absolute Gasteiger partial charge is 0.383 e. The van der Waals surface area contributed by atoms with Gasteiger partial charge < -0.3 is 15.0 Å². The highest BCUT2D eigenvalue weighted by Gasteiger charge is 2.16. The molecule has 1 rings (SSSR count). The van der Waals surface area contributed by atoms with Crippen LogP contribution in [-0.2, 0) is 11.3 Å². The molecule has 1 heterocycles. The first-order chi connectivity index (χ1) is 9.60. The van der Waals surface area contributed by atoms with Crippen LogP contribution < -0.4 is 10.2 Å². The van der Waals surface area contributed by atoms with Crippen LogP contribution in [0.25, 0.3) is 0 Å². The Hall–Kier alpha value is -0.650. The first-order valence-corrected chi connectivity index (χ1v) is 8.32. The van der Waals surface area contributed by atoms with Gasteiger partial charge in [-0.1, -0.05) is 27.2 Å². The number of thiazole rings is 1. The number of aromatic nitrogens is 1. The van der Waals surface area contributed by atoms with Gasteiger partial charge in [-0.25, -0.2) is 4.98 Å². The van der Waals surface area contributed by atoms with Gasteiger partial charge in [-0.15, -0.1) is 11.3 Å². The molecule has 0 amide bonds. The van der Waals surface area contributed by atoms with Crippen molar-refractivity contribution < 1.29 is 4.74 Å². The summed E-state index contributed by atoms with van der Waals surface area (Å²) in [6, 6.07) is 0. The van der Waals surface area contributed by atoms with Crippen molar-refractivity contribution in [2.24, 2.45) is 0 Å². The third kappa shape index (κ3) is 5.38. The Morgan fingerprint density at radius 1 is 1.40 bits per heavy atom. The zero-order chi connectivity index (χ0) is 15.0. The van der Waals surface area contributed by atoms with Crippen LogP contribution in [0.3, 0.4) is 0 Å². The van der Waals surface area contributed by atoms with Gasteiger partial charge in [-0.2, -0.15) is 0 Å². The molecule has 1 aromatic heterocycles. The molecule has 1 N–H and O–H groups in total. The molecule has 0 saturated carbocycles. The molecule has 0 bridgehead atoms. The maximum Gasteiger partial charge on any atom is 0.185 e. The number of hydrogen-bond acceptors (Lipinski definition) is 5. The van der Waals surface area contributed by atoms with E-state index in [2.05, 4.69) is 38.0 Å². The van der Waals surface area contributed by atoms with Gasteiger partial charge in [-0.3, -0.25) is 0 Å². The summed E-state index contributed by atoms with van der Waals surface area (Å²) in [5.74, 6) is 0.471. The summed E-state index contributed by atoms with van der Waals surface area (Å²) in [6.07, 6.45) is 2.44. The molecular weight excluding hydrogens is 270 g/mol. The molecule has 0 aliphatic heterocycles. The van der Waals surface area contributed by atoms with Gasteiger partial charge in [0.1, 0.15) is 0 Å². The lowest BCUT2D eigenvalue weighted by Gasteiger charge is -2.14. The van der Waals surface area contributed by atoms with Crippen LogP contribution in [0.1, 0.15) is 50.1 Å². The van der Waals surface area contributed by atoms with Crippen molar-refractivity contribution >= 4 is 16.5 Å². The second-order valence-electron chi connectivity index (χ2n) is 5.40. The molecule has 0 spiro atoms. The molecule has 1 aromatic rings. The molecule has 0 atom stereocenters. The number of hydrogen-bond donors (Lipinski definition) is 1. The predicted octanol–water partition coefficient (Wildman–Crippen LogP) is 3.24. The van der Waals surface area contributed by atoms with E-state index in [9.17, 15) is 0 Å². The molecule has 0 aliphatic rings. The van der Waals surface area contributed by atoms with E-state index in [1.807, 2.05) is 11.3 Å². The van der Waals surface area contributed by atoms with E-state index < -0.39 is 0 Å². The van der Waals surface area contributed by atoms with Gasteiger partial charge in [0.05, 0.1) is 12.3 Å². The number of unbranched alkanes of at least 4 members (excludes halogenated alkanes) is 1. The quantitative estimate of drug-likeness (QED) is 0.673. The zero-order valence-corrected chi connectivity index (χ0v) is 14.3. The number of nitrogens with zero attached hydrogens (tertiary/aromatic N) is 2. The predicted molar refractivity (Wildman–Crippen MR) is 88.0 cm³/mol. The fourth-order valence-electron chi connectivity index (χ4n) is 1.96. The Balaban J connectivity index is 2.69. The normalized spacial score (nSPS) is 11.3. The summed E-state index contributed by atoms with van der Waals surface area (Å²) in [4.78, 5) is 8.47. The van der Waals surface area contributed by atoms with Crippen LogP contribution in [0.5, 0.6) is 0 Å². The molecule has 5 heteroatoms. The number of rotatable bonds is 10. The van der Waals surface area contributed by atoms with E-state index in [0.29, 0.717) is 5.92 Å². The smallest absolute Gasteiger partial charge is 0.185 e. The van der Waals surface area contributed by atoms with Gasteiger partial charge >= 0.3 is 0 Å². The number of methoxy groups -OCH3 is 1. The second-order valence-corrected chi connectivity index (χ2v) is 6.47. The first-order valence-electron chi connectivity index (χ1n) is 7.50. The minimum atomic E-state index is 0.471. The van der Waals surface area contributed by atoms with Crippen molar-refractivity contribution in [1.29, 1.82) is 0 Å². The summed E-state index contributed by atoms with van der Waals surface area (Å²) in [5.41, 5.74) is 1.23. The van der Waals surface area contributed by atoms with Crippen LogP contribution in [0.15, 0.2) is 0 Å². The van der Waals surface area contributed by atoms with Gasteiger partial charge in [0.2, 0.25) is 0 Å². The Morgan fingerprint density at radius 2 is 2.15 bits per heavy atom. The maximum absolute atomic E-state index is 5.06. The monoisotopic (exact) mass is 299 g/mol. The molecule has 0 aliphatic carbocycles. The maximum atomic E-state index is 5.06. The molecule has 0 radical (unpaired) electrons. The number of nitrogens with one attached hydrogen (secondary N) is 1. The van der Waals surface area contributed by atoms with Gasteiger partial charge in [0.15, 0.2) is 5.13 Å². The van der Waals surface area contributed by atoms with E-state index in [1.54, 1.807) is 7.11 Å². The molecule has 0 aromatic carbocycles. The summed E-state index contributed by atoms with van der Waals surface area (Å²) < 4.78 is 5.06. The summed E-state index contributed by atoms with van der Waals surface area (Å²) in [6.45, 7) is 10.2. The van der Waals surface area contributed by atoms with E-state index >= 15 is 0 Å². The zero-order valence-electron chi connectivity index (χ0n) is 13.5. The number of anilines is 1. The van der Waals surface area contributed by atoms with Crippen LogP contribution in [0.2, 0.25) is 0 Å². The average molecular weight is 299 g/mol. The van der Waals surface area contributed by atoms with E-state index in [4.69, 9.17) is 9.72 Å². The molecule has 4 nitrogen and oxygen atoms in total. The standard InChI is InChI=1S/C15H29N3OS/c1-6-7-9-18(4)15-17-14(12(2)3)13(20-15)11-16-8-10-19-5/h12,16H,6-11H2,1-5H3. The molecular formula is C15H29N3OS. The highest BCUT2D eigenvalue weighted by molar-refractivity contribution is 7.15. The van der Waals surface area contributed by atoms with Crippen molar-refractivity contribution in [2.75, 3.05) is 38.8 Å². The van der Waals surface area contributed by atoms with Crippen molar-refractivity contribution in [3.63, 3.8) is 0 Å². The topological polar surface area (TPSA) is 37.4 Å². The first kappa shape index (κ1) is 17.4. The Morgan fingerprint density at radius 3 is 2.75 bits per heavy atom. The van der Waals surface area contributed by atoms with Crippen LogP contribution in [0, 0.1) is 0 Å². The minimum Gasteiger partial charge on any atom is -0.383 e. The molecule has 0 fully saturated rings. The van der Waals surface area contributed by atoms with Crippen LogP contribution in [-0.4, -0.2) is 38.8 Å². The highest BCUT2D eigenvalue weighted by atomic mass is 32.1. The SMILES string of the molecule is CCCCN(C)c1nc(C(C)C)c(CNCCOC)s1. The fraction of sp³-hybridized carbons (Fsp3) is 0.800. The Kier molecular flexibility index (Phi) is 8.11. The van der Waals surface area contributed by atoms with Gasteiger partial charge in [0.25, 0.3) is 0 Å². The Bertz CT molecular complexity index is 379. The summed E-state index contributed by atoms with van der Waals surface area (Å²) in [7, 11) is 3.87. The summed E-state index contributed by atoms with van der Waals surface area (Å²) >= 11 is 1.82. The fourth-order valence-corrected chi connectivity index (χ4v) is 3.13. The number of ether oxygens (including phenoxy) is 1. The second kappa shape index (κ2) is 9.32. The molecule has 116 valence electrons. The van der Waals surface area contributed by atoms with E-state index in [0.717, 1.165) is 31.4 Å². The van der Waals surface area contributed by atoms with Crippen LogP contribution >= 0.6 is 11.3 Å². The van der Waals surface area contributed by atoms with Gasteiger partial charge in [0, 0.05) is 38.7 Å². The molecule has 20 heavy (non-hydrogen) atoms. The van der Waals surface area contributed by atoms with E-state index in [1.165, 1.54) is 23.4 Å². The van der Waals surface area contributed by atoms with Crippen molar-refractivity contribution in [1.82, 2.24) is 10.3 Å². The lowest BCUT2D eigenvalue weighted by Crippen LogP contribution is -2.18. The minimum absolute atomic E-state index is 0.471. The van der Waals surface area contributed by atoms with E-state index in [-0.39, 0.29) is 0 Å². The van der Waals surface area contributed by atoms with Gasteiger partial charge in [-0.05, 0) is 12.3 Å². The third-order valence-corrected chi connectivity index (χ3v) is 4.39. The summed E-state index contributed by atoms with van der Waals surface area (Å²) in [5, 5.41) is 4.56. The molecule has 0 unspecified atom stereocenters. The lowest BCUT2D eigenvalue weighted by molar-refractivity contribution is 0.199.